The first-order chi connectivity index (χ1) is 7.22. The molecule has 1 N–H and O–H groups in total. The molecule has 2 aromatic rings. The summed E-state index contributed by atoms with van der Waals surface area (Å²) in [4.78, 5) is 18.7. The second-order valence-corrected chi connectivity index (χ2v) is 3.10. The van der Waals surface area contributed by atoms with Gasteiger partial charge >= 0.3 is 5.97 Å². The van der Waals surface area contributed by atoms with Gasteiger partial charge in [0.25, 0.3) is 0 Å². The Balaban J connectivity index is 2.59. The lowest BCUT2D eigenvalue weighted by molar-refractivity contribution is -0.136. The van der Waals surface area contributed by atoms with Gasteiger partial charge in [-0.15, -0.1) is 0 Å². The van der Waals surface area contributed by atoms with E-state index >= 15 is 0 Å². The van der Waals surface area contributed by atoms with Crippen LogP contribution in [0.5, 0.6) is 0 Å². The van der Waals surface area contributed by atoms with Crippen molar-refractivity contribution in [1.82, 2.24) is 19.6 Å². The molecule has 0 saturated heterocycles. The summed E-state index contributed by atoms with van der Waals surface area (Å²) < 4.78 is 1.53. The lowest BCUT2D eigenvalue weighted by Crippen LogP contribution is -2.06. The molecule has 2 heterocycles. The third-order valence-corrected chi connectivity index (χ3v) is 2.11. The van der Waals surface area contributed by atoms with Gasteiger partial charge in [-0.25, -0.2) is 14.5 Å². The van der Waals surface area contributed by atoms with Gasteiger partial charge < -0.3 is 5.11 Å². The maximum Gasteiger partial charge on any atom is 0.311 e. The lowest BCUT2D eigenvalue weighted by atomic mass is 10.3. The van der Waals surface area contributed by atoms with Crippen LogP contribution in [0.2, 0.25) is 0 Å². The highest BCUT2D eigenvalue weighted by atomic mass is 16.4. The van der Waals surface area contributed by atoms with Gasteiger partial charge in [-0.05, 0) is 6.42 Å². The van der Waals surface area contributed by atoms with Gasteiger partial charge in [0.05, 0.1) is 11.9 Å². The smallest absolute Gasteiger partial charge is 0.311 e. The van der Waals surface area contributed by atoms with E-state index in [1.54, 1.807) is 6.20 Å². The van der Waals surface area contributed by atoms with Crippen molar-refractivity contribution in [3.63, 3.8) is 0 Å². The highest BCUT2D eigenvalue weighted by molar-refractivity contribution is 5.69. The zero-order chi connectivity index (χ0) is 10.8. The van der Waals surface area contributed by atoms with Crippen LogP contribution in [0.1, 0.15) is 18.4 Å². The van der Waals surface area contributed by atoms with Crippen LogP contribution in [0.3, 0.4) is 0 Å². The molecule has 0 radical (unpaired) electrons. The molecule has 0 bridgehead atoms. The molecule has 6 nitrogen and oxygen atoms in total. The fourth-order valence-corrected chi connectivity index (χ4v) is 1.47. The minimum Gasteiger partial charge on any atom is -0.481 e. The lowest BCUT2D eigenvalue weighted by Gasteiger charge is -1.94. The second kappa shape index (κ2) is 3.64. The third kappa shape index (κ3) is 1.65. The summed E-state index contributed by atoms with van der Waals surface area (Å²) in [6.45, 7) is 1.96. The molecule has 0 aliphatic heterocycles. The van der Waals surface area contributed by atoms with Gasteiger partial charge in [-0.3, -0.25) is 4.79 Å². The number of aliphatic carboxylic acids is 1. The summed E-state index contributed by atoms with van der Waals surface area (Å²) in [6.07, 6.45) is 3.62. The molecular weight excluding hydrogens is 196 g/mol. The zero-order valence-electron chi connectivity index (χ0n) is 8.21. The Kier molecular flexibility index (Phi) is 2.32. The van der Waals surface area contributed by atoms with E-state index in [0.717, 1.165) is 17.6 Å². The summed E-state index contributed by atoms with van der Waals surface area (Å²) >= 11 is 0. The number of fused-ring (bicyclic) bond motifs is 1. The standard InChI is InChI=1S/C9H10N4O2/c1-2-6-7-4-10-5-11-13(7)8(12-6)3-9(14)15/h4-5H,2-3H2,1H3,(H,14,15). The number of carboxylic acid groups (broad SMARTS) is 1. The van der Waals surface area contributed by atoms with E-state index in [-0.39, 0.29) is 6.42 Å². The molecule has 0 aliphatic rings. The minimum absolute atomic E-state index is 0.127. The number of hydrogen-bond donors (Lipinski definition) is 1. The summed E-state index contributed by atoms with van der Waals surface area (Å²) in [7, 11) is 0. The van der Waals surface area contributed by atoms with Crippen molar-refractivity contribution in [1.29, 1.82) is 0 Å². The average molecular weight is 206 g/mol. The highest BCUT2D eigenvalue weighted by Gasteiger charge is 2.12. The van der Waals surface area contributed by atoms with Gasteiger partial charge in [0.1, 0.15) is 24.1 Å². The van der Waals surface area contributed by atoms with E-state index in [4.69, 9.17) is 5.11 Å². The fourth-order valence-electron chi connectivity index (χ4n) is 1.47. The van der Waals surface area contributed by atoms with Gasteiger partial charge in [0.15, 0.2) is 0 Å². The van der Waals surface area contributed by atoms with Crippen molar-refractivity contribution >= 4 is 11.5 Å². The maximum atomic E-state index is 10.6. The Morgan fingerprint density at radius 1 is 1.60 bits per heavy atom. The van der Waals surface area contributed by atoms with Crippen LogP contribution >= 0.6 is 0 Å². The quantitative estimate of drug-likeness (QED) is 0.781. The SMILES string of the molecule is CCc1nc(CC(=O)O)n2ncncc12. The minimum atomic E-state index is -0.914. The van der Waals surface area contributed by atoms with Crippen LogP contribution in [0.25, 0.3) is 5.52 Å². The van der Waals surface area contributed by atoms with Crippen LogP contribution < -0.4 is 0 Å². The molecule has 2 rings (SSSR count). The molecule has 0 aliphatic carbocycles. The van der Waals surface area contributed by atoms with Gasteiger partial charge in [-0.2, -0.15) is 5.10 Å². The molecule has 0 atom stereocenters. The molecule has 2 aromatic heterocycles. The molecule has 15 heavy (non-hydrogen) atoms. The van der Waals surface area contributed by atoms with E-state index in [1.165, 1.54) is 10.8 Å². The van der Waals surface area contributed by atoms with E-state index in [1.807, 2.05) is 6.92 Å². The van der Waals surface area contributed by atoms with Crippen molar-refractivity contribution in [2.45, 2.75) is 19.8 Å². The molecule has 0 aromatic carbocycles. The van der Waals surface area contributed by atoms with Crippen molar-refractivity contribution in [3.05, 3.63) is 24.0 Å². The van der Waals surface area contributed by atoms with E-state index in [0.29, 0.717) is 5.82 Å². The Bertz CT molecular complexity index is 506. The number of aryl methyl sites for hydroxylation is 1. The first-order valence-electron chi connectivity index (χ1n) is 4.60. The number of imidazole rings is 1. The number of hydrogen-bond acceptors (Lipinski definition) is 4. The number of carbonyl (C=O) groups is 1. The number of nitrogens with zero attached hydrogens (tertiary/aromatic N) is 4. The summed E-state index contributed by atoms with van der Waals surface area (Å²) in [6, 6.07) is 0. The van der Waals surface area contributed by atoms with Gasteiger partial charge in [-0.1, -0.05) is 6.92 Å². The number of aromatic nitrogens is 4. The van der Waals surface area contributed by atoms with Gasteiger partial charge in [0, 0.05) is 0 Å². The number of carboxylic acids is 1. The van der Waals surface area contributed by atoms with Crippen molar-refractivity contribution in [2.24, 2.45) is 0 Å². The Morgan fingerprint density at radius 2 is 2.40 bits per heavy atom. The highest BCUT2D eigenvalue weighted by Crippen LogP contribution is 2.11. The Morgan fingerprint density at radius 3 is 3.07 bits per heavy atom. The predicted octanol–water partition coefficient (Wildman–Crippen LogP) is 0.314. The molecule has 0 spiro atoms. The van der Waals surface area contributed by atoms with Crippen LogP contribution in [-0.4, -0.2) is 30.7 Å². The van der Waals surface area contributed by atoms with E-state index in [9.17, 15) is 4.79 Å². The first kappa shape index (κ1) is 9.57. The molecule has 78 valence electrons. The molecule has 0 saturated carbocycles. The summed E-state index contributed by atoms with van der Waals surface area (Å²) in [5.41, 5.74) is 1.60. The molecular formula is C9H10N4O2. The summed E-state index contributed by atoms with van der Waals surface area (Å²) in [5.74, 6) is -0.472. The average Bonchev–Trinajstić information content (AvgIpc) is 2.56. The third-order valence-electron chi connectivity index (χ3n) is 2.11. The van der Waals surface area contributed by atoms with Crippen molar-refractivity contribution < 1.29 is 9.90 Å². The molecule has 0 unspecified atom stereocenters. The Hall–Kier alpha value is -1.98. The monoisotopic (exact) mass is 206 g/mol. The zero-order valence-corrected chi connectivity index (χ0v) is 8.21. The van der Waals surface area contributed by atoms with Gasteiger partial charge in [0.2, 0.25) is 0 Å². The van der Waals surface area contributed by atoms with Crippen molar-refractivity contribution in [3.8, 4) is 0 Å². The topological polar surface area (TPSA) is 80.4 Å². The van der Waals surface area contributed by atoms with Crippen molar-refractivity contribution in [2.75, 3.05) is 0 Å². The van der Waals surface area contributed by atoms with Crippen LogP contribution in [-0.2, 0) is 17.6 Å². The Labute approximate surface area is 85.6 Å². The number of rotatable bonds is 3. The second-order valence-electron chi connectivity index (χ2n) is 3.10. The summed E-state index contributed by atoms with van der Waals surface area (Å²) in [5, 5.41) is 12.7. The van der Waals surface area contributed by atoms with Crippen LogP contribution in [0, 0.1) is 0 Å². The van der Waals surface area contributed by atoms with E-state index in [2.05, 4.69) is 15.1 Å². The maximum absolute atomic E-state index is 10.6. The molecule has 0 amide bonds. The molecule has 6 heteroatoms. The predicted molar refractivity (Wildman–Crippen MR) is 51.5 cm³/mol. The normalized spacial score (nSPS) is 10.7. The van der Waals surface area contributed by atoms with Crippen LogP contribution in [0.15, 0.2) is 12.5 Å². The fraction of sp³-hybridized carbons (Fsp3) is 0.333. The largest absolute Gasteiger partial charge is 0.481 e. The van der Waals surface area contributed by atoms with E-state index < -0.39 is 5.97 Å². The molecule has 0 fully saturated rings. The van der Waals surface area contributed by atoms with Crippen LogP contribution in [0.4, 0.5) is 0 Å². The first-order valence-corrected chi connectivity index (χ1v) is 4.60.